The van der Waals surface area contributed by atoms with Crippen molar-refractivity contribution in [2.75, 3.05) is 0 Å². The van der Waals surface area contributed by atoms with Gasteiger partial charge in [0, 0.05) is 5.39 Å². The van der Waals surface area contributed by atoms with E-state index >= 15 is 0 Å². The average Bonchev–Trinajstić information content (AvgIpc) is 3.26. The monoisotopic (exact) mass is 306 g/mol. The lowest BCUT2D eigenvalue weighted by atomic mass is 9.95. The van der Waals surface area contributed by atoms with Crippen LogP contribution in [0.5, 0.6) is 5.75 Å². The number of nitrogens with one attached hydrogen (secondary N) is 1. The molecule has 1 heterocycles. The van der Waals surface area contributed by atoms with Crippen molar-refractivity contribution in [3.63, 3.8) is 0 Å². The number of nitrogens with zero attached hydrogens (tertiary/aromatic N) is 1. The lowest BCUT2D eigenvalue weighted by molar-refractivity contribution is 0.170. The van der Waals surface area contributed by atoms with E-state index in [2.05, 4.69) is 28.4 Å². The number of hydrogen-bond acceptors (Lipinski definition) is 2. The van der Waals surface area contributed by atoms with Crippen LogP contribution in [-0.4, -0.2) is 10.2 Å². The summed E-state index contributed by atoms with van der Waals surface area (Å²) in [5.41, 5.74) is 2.31. The van der Waals surface area contributed by atoms with Gasteiger partial charge in [-0.15, -0.1) is 0 Å². The Morgan fingerprint density at radius 1 is 1.09 bits per heavy atom. The second kappa shape index (κ2) is 6.45. The molecule has 0 bridgehead atoms. The Hall–Kier alpha value is -2.29. The van der Waals surface area contributed by atoms with Crippen LogP contribution < -0.4 is 4.74 Å². The molecule has 118 valence electrons. The maximum atomic E-state index is 6.35. The van der Waals surface area contributed by atoms with Gasteiger partial charge in [-0.2, -0.15) is 5.10 Å². The number of aromatic nitrogens is 2. The molecule has 4 rings (SSSR count). The second-order valence-electron chi connectivity index (χ2n) is 6.52. The van der Waals surface area contributed by atoms with Crippen molar-refractivity contribution in [1.29, 1.82) is 0 Å². The molecule has 0 unspecified atom stereocenters. The second-order valence-corrected chi connectivity index (χ2v) is 6.52. The van der Waals surface area contributed by atoms with Gasteiger partial charge in [0.1, 0.15) is 11.9 Å². The summed E-state index contributed by atoms with van der Waals surface area (Å²) in [6.45, 7) is 0. The van der Waals surface area contributed by atoms with Crippen LogP contribution in [-0.2, 0) is 0 Å². The zero-order chi connectivity index (χ0) is 15.5. The first-order valence-electron chi connectivity index (χ1n) is 8.53. The molecule has 1 saturated carbocycles. The Labute approximate surface area is 136 Å². The summed E-state index contributed by atoms with van der Waals surface area (Å²) in [6.07, 6.45) is 8.46. The SMILES string of the molecule is c1ccc(O[C@@H](CC2CCCC2)c2ccc3cn[nH]c3c2)cc1. The average molecular weight is 306 g/mol. The van der Waals surface area contributed by atoms with Gasteiger partial charge in [0.15, 0.2) is 0 Å². The van der Waals surface area contributed by atoms with Gasteiger partial charge in [0.05, 0.1) is 11.7 Å². The van der Waals surface area contributed by atoms with Crippen molar-refractivity contribution in [2.24, 2.45) is 5.92 Å². The van der Waals surface area contributed by atoms with Gasteiger partial charge >= 0.3 is 0 Å². The number of ether oxygens (including phenoxy) is 1. The highest BCUT2D eigenvalue weighted by Gasteiger charge is 2.23. The van der Waals surface area contributed by atoms with Gasteiger partial charge in [0.2, 0.25) is 0 Å². The number of benzene rings is 2. The molecule has 1 atom stereocenters. The van der Waals surface area contributed by atoms with Crippen molar-refractivity contribution < 1.29 is 4.74 Å². The fourth-order valence-corrected chi connectivity index (χ4v) is 3.62. The van der Waals surface area contributed by atoms with E-state index < -0.39 is 0 Å². The van der Waals surface area contributed by atoms with Gasteiger partial charge in [-0.25, -0.2) is 0 Å². The van der Waals surface area contributed by atoms with Crippen molar-refractivity contribution in [3.8, 4) is 5.75 Å². The molecule has 0 aliphatic heterocycles. The first-order chi connectivity index (χ1) is 11.4. The van der Waals surface area contributed by atoms with Gasteiger partial charge < -0.3 is 4.74 Å². The van der Waals surface area contributed by atoms with Crippen molar-refractivity contribution >= 4 is 10.9 Å². The summed E-state index contributed by atoms with van der Waals surface area (Å²) in [4.78, 5) is 0. The number of H-pyrrole nitrogens is 1. The highest BCUT2D eigenvalue weighted by atomic mass is 16.5. The summed E-state index contributed by atoms with van der Waals surface area (Å²) in [5, 5.41) is 8.34. The molecule has 0 amide bonds. The van der Waals surface area contributed by atoms with E-state index in [0.717, 1.165) is 29.0 Å². The van der Waals surface area contributed by atoms with Gasteiger partial charge in [-0.1, -0.05) is 56.0 Å². The number of para-hydroxylation sites is 1. The predicted octanol–water partition coefficient (Wildman–Crippen LogP) is 5.26. The topological polar surface area (TPSA) is 37.9 Å². The third kappa shape index (κ3) is 3.24. The minimum absolute atomic E-state index is 0.105. The first kappa shape index (κ1) is 14.3. The number of hydrogen-bond donors (Lipinski definition) is 1. The molecule has 1 fully saturated rings. The molecule has 0 saturated heterocycles. The minimum atomic E-state index is 0.105. The van der Waals surface area contributed by atoms with Crippen molar-refractivity contribution in [1.82, 2.24) is 10.2 Å². The van der Waals surface area contributed by atoms with E-state index in [-0.39, 0.29) is 6.10 Å². The van der Waals surface area contributed by atoms with Crippen LogP contribution in [0.1, 0.15) is 43.8 Å². The third-order valence-corrected chi connectivity index (χ3v) is 4.88. The van der Waals surface area contributed by atoms with Crippen molar-refractivity contribution in [2.45, 2.75) is 38.2 Å². The Kier molecular flexibility index (Phi) is 4.01. The molecule has 3 nitrogen and oxygen atoms in total. The molecule has 0 spiro atoms. The fraction of sp³-hybridized carbons (Fsp3) is 0.350. The summed E-state index contributed by atoms with van der Waals surface area (Å²) in [7, 11) is 0. The van der Waals surface area contributed by atoms with Gasteiger partial charge in [0.25, 0.3) is 0 Å². The van der Waals surface area contributed by atoms with Crippen LogP contribution in [0.2, 0.25) is 0 Å². The Balaban J connectivity index is 1.62. The molecule has 23 heavy (non-hydrogen) atoms. The molecular formula is C20H22N2O. The van der Waals surface area contributed by atoms with Crippen LogP contribution in [0.3, 0.4) is 0 Å². The maximum Gasteiger partial charge on any atom is 0.124 e. The zero-order valence-corrected chi connectivity index (χ0v) is 13.2. The van der Waals surface area contributed by atoms with E-state index in [1.807, 2.05) is 36.5 Å². The summed E-state index contributed by atoms with van der Waals surface area (Å²) in [6, 6.07) is 16.7. The molecule has 1 aliphatic rings. The summed E-state index contributed by atoms with van der Waals surface area (Å²) in [5.74, 6) is 1.72. The predicted molar refractivity (Wildman–Crippen MR) is 92.5 cm³/mol. The largest absolute Gasteiger partial charge is 0.486 e. The number of rotatable bonds is 5. The molecule has 1 aromatic heterocycles. The van der Waals surface area contributed by atoms with Crippen LogP contribution in [0.15, 0.2) is 54.7 Å². The lowest BCUT2D eigenvalue weighted by Crippen LogP contribution is -2.12. The third-order valence-electron chi connectivity index (χ3n) is 4.88. The van der Waals surface area contributed by atoms with E-state index in [4.69, 9.17) is 4.74 Å². The van der Waals surface area contributed by atoms with Crippen LogP contribution >= 0.6 is 0 Å². The van der Waals surface area contributed by atoms with Gasteiger partial charge in [-0.3, -0.25) is 5.10 Å². The minimum Gasteiger partial charge on any atom is -0.486 e. The maximum absolute atomic E-state index is 6.35. The fourth-order valence-electron chi connectivity index (χ4n) is 3.62. The molecule has 0 radical (unpaired) electrons. The highest BCUT2D eigenvalue weighted by molar-refractivity contribution is 5.78. The lowest BCUT2D eigenvalue weighted by Gasteiger charge is -2.23. The molecule has 3 heteroatoms. The normalized spacial score (nSPS) is 16.7. The standard InChI is InChI=1S/C20H22N2O/c1-2-8-18(9-3-1)23-20(12-15-6-4-5-7-15)16-10-11-17-14-21-22-19(17)13-16/h1-3,8-11,13-15,20H,4-7,12H2,(H,21,22)/t20-/m0/s1. The van der Waals surface area contributed by atoms with Crippen LogP contribution in [0, 0.1) is 5.92 Å². The number of aromatic amines is 1. The molecule has 1 aliphatic carbocycles. The zero-order valence-electron chi connectivity index (χ0n) is 13.2. The van der Waals surface area contributed by atoms with Crippen LogP contribution in [0.25, 0.3) is 10.9 Å². The molecular weight excluding hydrogens is 284 g/mol. The summed E-state index contributed by atoms with van der Waals surface area (Å²) >= 11 is 0. The molecule has 3 aromatic rings. The van der Waals surface area contributed by atoms with E-state index in [9.17, 15) is 0 Å². The molecule has 2 aromatic carbocycles. The Morgan fingerprint density at radius 3 is 2.74 bits per heavy atom. The van der Waals surface area contributed by atoms with Crippen LogP contribution in [0.4, 0.5) is 0 Å². The van der Waals surface area contributed by atoms with E-state index in [1.54, 1.807) is 0 Å². The summed E-state index contributed by atoms with van der Waals surface area (Å²) < 4.78 is 6.35. The van der Waals surface area contributed by atoms with Gasteiger partial charge in [-0.05, 0) is 36.1 Å². The molecule has 1 N–H and O–H groups in total. The Morgan fingerprint density at radius 2 is 1.91 bits per heavy atom. The smallest absolute Gasteiger partial charge is 0.124 e. The highest BCUT2D eigenvalue weighted by Crippen LogP contribution is 2.36. The Bertz CT molecular complexity index is 759. The van der Waals surface area contributed by atoms with E-state index in [1.165, 1.54) is 31.2 Å². The van der Waals surface area contributed by atoms with E-state index in [0.29, 0.717) is 0 Å². The number of fused-ring (bicyclic) bond motifs is 1. The first-order valence-corrected chi connectivity index (χ1v) is 8.53. The quantitative estimate of drug-likeness (QED) is 0.698. The van der Waals surface area contributed by atoms with Crippen molar-refractivity contribution in [3.05, 3.63) is 60.3 Å².